The van der Waals surface area contributed by atoms with E-state index in [1.807, 2.05) is 13.8 Å². The summed E-state index contributed by atoms with van der Waals surface area (Å²) in [5.74, 6) is 0.193. The normalized spacial score (nSPS) is 13.6. The second-order valence-electron chi connectivity index (χ2n) is 9.31. The Hall–Kier alpha value is -4.12. The topological polar surface area (TPSA) is 121 Å². The fraction of sp³-hybridized carbons (Fsp3) is 0.407. The molecular weight excluding hydrogens is 492 g/mol. The highest BCUT2D eigenvalue weighted by atomic mass is 16.5. The van der Waals surface area contributed by atoms with Gasteiger partial charge in [0.15, 0.2) is 11.5 Å². The number of carbonyl (C=O) groups is 2. The number of nitrogens with one attached hydrogen (secondary N) is 1. The molecule has 0 spiro atoms. The van der Waals surface area contributed by atoms with Crippen LogP contribution in [-0.2, 0) is 22.6 Å². The minimum atomic E-state index is -0.637. The Morgan fingerprint density at radius 3 is 2.21 bits per heavy atom. The van der Waals surface area contributed by atoms with Crippen LogP contribution in [0.3, 0.4) is 0 Å². The third-order valence-corrected chi connectivity index (χ3v) is 6.32. The number of ether oxygens (including phenoxy) is 3. The van der Waals surface area contributed by atoms with Crippen LogP contribution in [0, 0.1) is 0 Å². The molecule has 3 aromatic rings. The molecule has 0 bridgehead atoms. The smallest absolute Gasteiger partial charge is 0.332 e. The van der Waals surface area contributed by atoms with E-state index in [0.29, 0.717) is 48.9 Å². The summed E-state index contributed by atoms with van der Waals surface area (Å²) in [7, 11) is 2.90. The number of methoxy groups -OCH3 is 2. The number of morpholine rings is 1. The largest absolute Gasteiger partial charge is 0.493 e. The summed E-state index contributed by atoms with van der Waals surface area (Å²) in [6.45, 7) is 5.40. The summed E-state index contributed by atoms with van der Waals surface area (Å²) in [5, 5.41) is 2.98. The molecule has 0 aliphatic carbocycles. The maximum atomic E-state index is 13.6. The van der Waals surface area contributed by atoms with Crippen LogP contribution in [0.2, 0.25) is 0 Å². The van der Waals surface area contributed by atoms with Crippen molar-refractivity contribution in [3.05, 3.63) is 68.4 Å². The molecule has 2 amide bonds. The number of hydrogen-bond acceptors (Lipinski definition) is 7. The number of amides is 2. The lowest BCUT2D eigenvalue weighted by Crippen LogP contribution is -2.43. The van der Waals surface area contributed by atoms with Gasteiger partial charge in [0.2, 0.25) is 5.91 Å². The highest BCUT2D eigenvalue weighted by molar-refractivity contribution is 5.94. The predicted molar refractivity (Wildman–Crippen MR) is 141 cm³/mol. The first-order valence-corrected chi connectivity index (χ1v) is 12.4. The molecule has 0 atom stereocenters. The van der Waals surface area contributed by atoms with E-state index >= 15 is 0 Å². The van der Waals surface area contributed by atoms with Crippen LogP contribution < -0.4 is 26.0 Å². The second kappa shape index (κ2) is 11.5. The van der Waals surface area contributed by atoms with E-state index in [-0.39, 0.29) is 41.8 Å². The molecule has 1 fully saturated rings. The first-order chi connectivity index (χ1) is 18.2. The molecular formula is C27H32N4O7. The zero-order chi connectivity index (χ0) is 27.4. The SMILES string of the molecule is COc1cc2c(=O)n(Cc3ccc(C(=O)N4CCOCC4)cc3)c(=O)n(CC(=O)NC(C)C)c2cc1OC. The van der Waals surface area contributed by atoms with Gasteiger partial charge in [0.05, 0.1) is 44.9 Å². The Labute approximate surface area is 219 Å². The molecule has 1 saturated heterocycles. The van der Waals surface area contributed by atoms with E-state index in [1.54, 1.807) is 29.2 Å². The molecule has 38 heavy (non-hydrogen) atoms. The van der Waals surface area contributed by atoms with Crippen molar-refractivity contribution < 1.29 is 23.8 Å². The highest BCUT2D eigenvalue weighted by Crippen LogP contribution is 2.30. The Morgan fingerprint density at radius 1 is 0.974 bits per heavy atom. The standard InChI is InChI=1S/C27H32N4O7/c1-17(2)28-24(32)16-30-21-14-23(37-4)22(36-3)13-20(21)26(34)31(27(30)35)15-18-5-7-19(8-6-18)25(33)29-9-11-38-12-10-29/h5-8,13-14,17H,9-12,15-16H2,1-4H3,(H,28,32). The summed E-state index contributed by atoms with van der Waals surface area (Å²) < 4.78 is 18.4. The zero-order valence-electron chi connectivity index (χ0n) is 22.0. The van der Waals surface area contributed by atoms with Crippen molar-refractivity contribution in [2.24, 2.45) is 0 Å². The number of benzene rings is 2. The van der Waals surface area contributed by atoms with Crippen molar-refractivity contribution in [1.29, 1.82) is 0 Å². The van der Waals surface area contributed by atoms with Crippen LogP contribution in [0.25, 0.3) is 10.9 Å². The van der Waals surface area contributed by atoms with Gasteiger partial charge in [0.25, 0.3) is 11.5 Å². The lowest BCUT2D eigenvalue weighted by Gasteiger charge is -2.26. The second-order valence-corrected chi connectivity index (χ2v) is 9.31. The average Bonchev–Trinajstić information content (AvgIpc) is 2.92. The van der Waals surface area contributed by atoms with Gasteiger partial charge in [-0.15, -0.1) is 0 Å². The van der Waals surface area contributed by atoms with Crippen LogP contribution in [0.4, 0.5) is 0 Å². The molecule has 0 saturated carbocycles. The first kappa shape index (κ1) is 26.9. The Balaban J connectivity index is 1.75. The molecule has 11 nitrogen and oxygen atoms in total. The van der Waals surface area contributed by atoms with Crippen molar-refractivity contribution in [1.82, 2.24) is 19.4 Å². The molecule has 0 radical (unpaired) electrons. The van der Waals surface area contributed by atoms with Gasteiger partial charge in [-0.05, 0) is 37.6 Å². The zero-order valence-corrected chi connectivity index (χ0v) is 22.0. The maximum Gasteiger partial charge on any atom is 0.332 e. The van der Waals surface area contributed by atoms with E-state index in [1.165, 1.54) is 30.9 Å². The van der Waals surface area contributed by atoms with Crippen molar-refractivity contribution in [2.75, 3.05) is 40.5 Å². The molecule has 2 aromatic carbocycles. The fourth-order valence-electron chi connectivity index (χ4n) is 4.43. The Kier molecular flexibility index (Phi) is 8.16. The number of hydrogen-bond donors (Lipinski definition) is 1. The lowest BCUT2D eigenvalue weighted by atomic mass is 10.1. The fourth-order valence-corrected chi connectivity index (χ4v) is 4.43. The first-order valence-electron chi connectivity index (χ1n) is 12.4. The van der Waals surface area contributed by atoms with E-state index in [9.17, 15) is 19.2 Å². The van der Waals surface area contributed by atoms with Crippen LogP contribution in [0.15, 0.2) is 46.0 Å². The summed E-state index contributed by atoms with van der Waals surface area (Å²) in [4.78, 5) is 54.2. The number of carbonyl (C=O) groups excluding carboxylic acids is 2. The molecule has 4 rings (SSSR count). The van der Waals surface area contributed by atoms with Gasteiger partial charge in [0, 0.05) is 30.8 Å². The summed E-state index contributed by atoms with van der Waals surface area (Å²) in [5.41, 5.74) is 0.267. The van der Waals surface area contributed by atoms with E-state index < -0.39 is 11.2 Å². The van der Waals surface area contributed by atoms with Crippen molar-refractivity contribution in [3.63, 3.8) is 0 Å². The quantitative estimate of drug-likeness (QED) is 0.470. The predicted octanol–water partition coefficient (Wildman–Crippen LogP) is 1.23. The van der Waals surface area contributed by atoms with Gasteiger partial charge in [-0.3, -0.25) is 23.5 Å². The molecule has 0 unspecified atom stereocenters. The maximum absolute atomic E-state index is 13.6. The van der Waals surface area contributed by atoms with Crippen molar-refractivity contribution >= 4 is 22.7 Å². The van der Waals surface area contributed by atoms with Gasteiger partial charge < -0.3 is 24.4 Å². The minimum Gasteiger partial charge on any atom is -0.493 e. The Morgan fingerprint density at radius 2 is 1.61 bits per heavy atom. The van der Waals surface area contributed by atoms with Gasteiger partial charge in [-0.2, -0.15) is 0 Å². The highest BCUT2D eigenvalue weighted by Gasteiger charge is 2.21. The lowest BCUT2D eigenvalue weighted by molar-refractivity contribution is -0.122. The third kappa shape index (κ3) is 5.57. The molecule has 1 aromatic heterocycles. The molecule has 202 valence electrons. The molecule has 1 N–H and O–H groups in total. The van der Waals surface area contributed by atoms with Gasteiger partial charge in [-0.1, -0.05) is 12.1 Å². The molecule has 1 aliphatic heterocycles. The summed E-state index contributed by atoms with van der Waals surface area (Å²) in [6, 6.07) is 9.71. The van der Waals surface area contributed by atoms with Gasteiger partial charge in [-0.25, -0.2) is 4.79 Å². The average molecular weight is 525 g/mol. The van der Waals surface area contributed by atoms with E-state index in [4.69, 9.17) is 14.2 Å². The number of nitrogens with zero attached hydrogens (tertiary/aromatic N) is 3. The monoisotopic (exact) mass is 524 g/mol. The summed E-state index contributed by atoms with van der Waals surface area (Å²) >= 11 is 0. The van der Waals surface area contributed by atoms with Crippen molar-refractivity contribution in [3.8, 4) is 11.5 Å². The van der Waals surface area contributed by atoms with Crippen molar-refractivity contribution in [2.45, 2.75) is 33.0 Å². The summed E-state index contributed by atoms with van der Waals surface area (Å²) in [6.07, 6.45) is 0. The molecule has 11 heteroatoms. The number of fused-ring (bicyclic) bond motifs is 1. The van der Waals surface area contributed by atoms with Gasteiger partial charge >= 0.3 is 5.69 Å². The third-order valence-electron chi connectivity index (χ3n) is 6.32. The van der Waals surface area contributed by atoms with Crippen LogP contribution in [0.5, 0.6) is 11.5 Å². The van der Waals surface area contributed by atoms with Crippen LogP contribution in [0.1, 0.15) is 29.8 Å². The Bertz CT molecular complexity index is 1450. The van der Waals surface area contributed by atoms with E-state index in [2.05, 4.69) is 5.32 Å². The van der Waals surface area contributed by atoms with Crippen LogP contribution >= 0.6 is 0 Å². The molecule has 2 heterocycles. The molecule has 1 aliphatic rings. The van der Waals surface area contributed by atoms with Crippen LogP contribution in [-0.4, -0.2) is 72.4 Å². The minimum absolute atomic E-state index is 0.0419. The number of aromatic nitrogens is 2. The van der Waals surface area contributed by atoms with E-state index in [0.717, 1.165) is 4.57 Å². The number of rotatable bonds is 8. The van der Waals surface area contributed by atoms with Gasteiger partial charge in [0.1, 0.15) is 6.54 Å².